The number of hydrogen-bond donors (Lipinski definition) is 0. The van der Waals surface area contributed by atoms with Gasteiger partial charge in [-0.3, -0.25) is 9.59 Å². The predicted molar refractivity (Wildman–Crippen MR) is 110 cm³/mol. The summed E-state index contributed by atoms with van der Waals surface area (Å²) in [5.74, 6) is 0.0456. The van der Waals surface area contributed by atoms with Gasteiger partial charge in [-0.1, -0.05) is 30.2 Å². The zero-order valence-corrected chi connectivity index (χ0v) is 17.8. The van der Waals surface area contributed by atoms with Crippen molar-refractivity contribution in [3.05, 3.63) is 46.2 Å². The molecule has 0 bridgehead atoms. The summed E-state index contributed by atoms with van der Waals surface area (Å²) in [7, 11) is 0. The van der Waals surface area contributed by atoms with Crippen LogP contribution < -0.4 is 0 Å². The molecule has 3 unspecified atom stereocenters. The van der Waals surface area contributed by atoms with Gasteiger partial charge in [0.15, 0.2) is 11.5 Å². The number of ketones is 1. The van der Waals surface area contributed by atoms with E-state index in [-0.39, 0.29) is 35.6 Å². The van der Waals surface area contributed by atoms with Gasteiger partial charge in [0.25, 0.3) is 5.91 Å². The molecule has 1 amide bonds. The normalized spacial score (nSPS) is 26.6. The van der Waals surface area contributed by atoms with Crippen molar-refractivity contribution in [2.45, 2.75) is 64.2 Å². The Balaban J connectivity index is 1.65. The fourth-order valence-electron chi connectivity index (χ4n) is 4.67. The van der Waals surface area contributed by atoms with E-state index in [4.69, 9.17) is 21.1 Å². The topological polar surface area (TPSA) is 55.8 Å². The highest BCUT2D eigenvalue weighted by Crippen LogP contribution is 2.46. The van der Waals surface area contributed by atoms with Gasteiger partial charge in [-0.15, -0.1) is 0 Å². The summed E-state index contributed by atoms with van der Waals surface area (Å²) in [5.41, 5.74) is 1.42. The Labute approximate surface area is 177 Å². The standard InChI is InChI=1S/C23H28ClNO4/c1-14(2)28-13-5-12-25-20(15-8-10-16(24)11-9-15)19-21(26)17-6-3-4-7-18(17)29-22(19)23(25)27/h8-11,14,17-18,20H,3-7,12-13H2,1-2H3. The van der Waals surface area contributed by atoms with Crippen LogP contribution in [0.3, 0.4) is 0 Å². The molecule has 0 N–H and O–H groups in total. The van der Waals surface area contributed by atoms with Crippen LogP contribution in [0.15, 0.2) is 35.6 Å². The van der Waals surface area contributed by atoms with Gasteiger partial charge in [0.1, 0.15) is 6.10 Å². The van der Waals surface area contributed by atoms with Crippen LogP contribution in [0.1, 0.15) is 57.6 Å². The van der Waals surface area contributed by atoms with Gasteiger partial charge in [-0.25, -0.2) is 0 Å². The maximum Gasteiger partial charge on any atom is 0.290 e. The summed E-state index contributed by atoms with van der Waals surface area (Å²) >= 11 is 6.07. The molecule has 1 fully saturated rings. The van der Waals surface area contributed by atoms with E-state index in [0.29, 0.717) is 30.2 Å². The fourth-order valence-corrected chi connectivity index (χ4v) is 4.79. The zero-order chi connectivity index (χ0) is 20.5. The van der Waals surface area contributed by atoms with Crippen molar-refractivity contribution in [1.82, 2.24) is 4.90 Å². The molecular weight excluding hydrogens is 390 g/mol. The number of carbonyl (C=O) groups excluding carboxylic acids is 2. The van der Waals surface area contributed by atoms with Crippen LogP contribution in [0.4, 0.5) is 0 Å². The first-order valence-corrected chi connectivity index (χ1v) is 11.0. The van der Waals surface area contributed by atoms with Crippen LogP contribution in [0, 0.1) is 5.92 Å². The van der Waals surface area contributed by atoms with E-state index < -0.39 is 6.04 Å². The Morgan fingerprint density at radius 2 is 1.90 bits per heavy atom. The number of Topliss-reactive ketones (excluding diaryl/α,β-unsaturated/α-hetero) is 1. The second-order valence-corrected chi connectivity index (χ2v) is 8.82. The molecule has 4 rings (SSSR count). The molecule has 1 saturated carbocycles. The number of halogens is 1. The van der Waals surface area contributed by atoms with Crippen molar-refractivity contribution in [2.24, 2.45) is 5.92 Å². The smallest absolute Gasteiger partial charge is 0.290 e. The summed E-state index contributed by atoms with van der Waals surface area (Å²) in [4.78, 5) is 28.5. The van der Waals surface area contributed by atoms with E-state index in [0.717, 1.165) is 31.2 Å². The molecule has 156 valence electrons. The lowest BCUT2D eigenvalue weighted by Crippen LogP contribution is -2.39. The molecule has 5 nitrogen and oxygen atoms in total. The highest BCUT2D eigenvalue weighted by Gasteiger charge is 2.51. The molecule has 1 aliphatic carbocycles. The highest BCUT2D eigenvalue weighted by molar-refractivity contribution is 6.30. The van der Waals surface area contributed by atoms with Crippen molar-refractivity contribution in [2.75, 3.05) is 13.2 Å². The molecule has 3 aliphatic rings. The molecule has 29 heavy (non-hydrogen) atoms. The summed E-state index contributed by atoms with van der Waals surface area (Å²) in [5, 5.41) is 0.628. The van der Waals surface area contributed by atoms with Crippen LogP contribution in [0.2, 0.25) is 5.02 Å². The summed E-state index contributed by atoms with van der Waals surface area (Å²) in [6.07, 6.45) is 4.45. The molecule has 6 heteroatoms. The first kappa shape index (κ1) is 20.4. The van der Waals surface area contributed by atoms with Crippen LogP contribution >= 0.6 is 11.6 Å². The van der Waals surface area contributed by atoms with Gasteiger partial charge < -0.3 is 14.4 Å². The van der Waals surface area contributed by atoms with Gasteiger partial charge in [-0.2, -0.15) is 0 Å². The number of ether oxygens (including phenoxy) is 2. The largest absolute Gasteiger partial charge is 0.483 e. The molecule has 2 heterocycles. The van der Waals surface area contributed by atoms with Crippen LogP contribution in [0.25, 0.3) is 0 Å². The van der Waals surface area contributed by atoms with Crippen molar-refractivity contribution < 1.29 is 19.1 Å². The molecule has 0 aromatic heterocycles. The third-order valence-electron chi connectivity index (χ3n) is 6.04. The molecule has 1 aromatic rings. The lowest BCUT2D eigenvalue weighted by molar-refractivity contribution is -0.135. The van der Waals surface area contributed by atoms with E-state index in [1.165, 1.54) is 0 Å². The molecule has 3 atom stereocenters. The Bertz CT molecular complexity index is 817. The third kappa shape index (κ3) is 3.95. The van der Waals surface area contributed by atoms with E-state index in [2.05, 4.69) is 0 Å². The minimum Gasteiger partial charge on any atom is -0.483 e. The average molecular weight is 418 g/mol. The SMILES string of the molecule is CC(C)OCCCN1C(=O)C2=C(C(=O)C3CCCCC3O2)C1c1ccc(Cl)cc1. The maximum absolute atomic E-state index is 13.4. The Hall–Kier alpha value is -1.85. The predicted octanol–water partition coefficient (Wildman–Crippen LogP) is 4.45. The fraction of sp³-hybridized carbons (Fsp3) is 0.565. The van der Waals surface area contributed by atoms with Crippen molar-refractivity contribution in [1.29, 1.82) is 0 Å². The third-order valence-corrected chi connectivity index (χ3v) is 6.29. The Kier molecular flexibility index (Phi) is 5.98. The molecular formula is C23H28ClNO4. The second-order valence-electron chi connectivity index (χ2n) is 8.38. The van der Waals surface area contributed by atoms with Crippen molar-refractivity contribution >= 4 is 23.3 Å². The number of hydrogen-bond acceptors (Lipinski definition) is 4. The second kappa shape index (κ2) is 8.49. The molecule has 0 radical (unpaired) electrons. The first-order valence-electron chi connectivity index (χ1n) is 10.6. The van der Waals surface area contributed by atoms with Crippen LogP contribution in [-0.2, 0) is 19.1 Å². The first-order chi connectivity index (χ1) is 14.0. The lowest BCUT2D eigenvalue weighted by atomic mass is 9.77. The Morgan fingerprint density at radius 1 is 1.17 bits per heavy atom. The highest BCUT2D eigenvalue weighted by atomic mass is 35.5. The van der Waals surface area contributed by atoms with E-state index in [1.807, 2.05) is 26.0 Å². The summed E-state index contributed by atoms with van der Waals surface area (Å²) in [6.45, 7) is 5.06. The number of rotatable bonds is 6. The maximum atomic E-state index is 13.4. The zero-order valence-electron chi connectivity index (χ0n) is 17.0. The van der Waals surface area contributed by atoms with Gasteiger partial charge in [-0.05, 0) is 57.2 Å². The molecule has 2 aliphatic heterocycles. The van der Waals surface area contributed by atoms with Crippen molar-refractivity contribution in [3.63, 3.8) is 0 Å². The monoisotopic (exact) mass is 417 g/mol. The minimum absolute atomic E-state index is 0.0881. The number of amides is 1. The van der Waals surface area contributed by atoms with Gasteiger partial charge in [0.2, 0.25) is 0 Å². The number of benzene rings is 1. The van der Waals surface area contributed by atoms with E-state index in [9.17, 15) is 9.59 Å². The van der Waals surface area contributed by atoms with Gasteiger partial charge >= 0.3 is 0 Å². The summed E-state index contributed by atoms with van der Waals surface area (Å²) in [6, 6.07) is 6.99. The van der Waals surface area contributed by atoms with Crippen molar-refractivity contribution in [3.8, 4) is 0 Å². The number of carbonyl (C=O) groups is 2. The average Bonchev–Trinajstić information content (AvgIpc) is 2.98. The quantitative estimate of drug-likeness (QED) is 0.641. The Morgan fingerprint density at radius 3 is 2.62 bits per heavy atom. The number of fused-ring (bicyclic) bond motifs is 1. The van der Waals surface area contributed by atoms with Gasteiger partial charge in [0, 0.05) is 18.2 Å². The van der Waals surface area contributed by atoms with Gasteiger partial charge in [0.05, 0.1) is 23.6 Å². The molecule has 0 saturated heterocycles. The van der Waals surface area contributed by atoms with Crippen LogP contribution in [0.5, 0.6) is 0 Å². The van der Waals surface area contributed by atoms with E-state index >= 15 is 0 Å². The number of nitrogens with zero attached hydrogens (tertiary/aromatic N) is 1. The van der Waals surface area contributed by atoms with Crippen LogP contribution in [-0.4, -0.2) is 41.9 Å². The molecule has 1 aromatic carbocycles. The summed E-state index contributed by atoms with van der Waals surface area (Å²) < 4.78 is 11.8. The minimum atomic E-state index is -0.413. The molecule has 0 spiro atoms. The lowest BCUT2D eigenvalue weighted by Gasteiger charge is -2.35. The van der Waals surface area contributed by atoms with E-state index in [1.54, 1.807) is 17.0 Å².